The predicted octanol–water partition coefficient (Wildman–Crippen LogP) is 4.28. The van der Waals surface area contributed by atoms with Crippen LogP contribution in [0.1, 0.15) is 54.4 Å². The number of ether oxygens (including phenoxy) is 1. The van der Waals surface area contributed by atoms with Gasteiger partial charge < -0.3 is 14.3 Å². The number of likely N-dealkylation sites (tertiary alicyclic amines) is 1. The van der Waals surface area contributed by atoms with Crippen LogP contribution in [0.3, 0.4) is 0 Å². The Balaban J connectivity index is 2.03. The molecule has 0 radical (unpaired) electrons. The van der Waals surface area contributed by atoms with Crippen molar-refractivity contribution in [1.29, 1.82) is 0 Å². The highest BCUT2D eigenvalue weighted by Crippen LogP contribution is 2.39. The second-order valence-electron chi connectivity index (χ2n) is 10.5. The summed E-state index contributed by atoms with van der Waals surface area (Å²) in [5, 5.41) is 13.3. The maximum Gasteiger partial charge on any atom is 0.412 e. The molecule has 0 aromatic heterocycles. The van der Waals surface area contributed by atoms with Gasteiger partial charge in [-0.1, -0.05) is 81.4 Å². The Morgan fingerprint density at radius 1 is 0.938 bits per heavy atom. The molecule has 174 valence electrons. The quantitative estimate of drug-likeness (QED) is 0.699. The second-order valence-corrected chi connectivity index (χ2v) is 14.8. The van der Waals surface area contributed by atoms with E-state index in [-0.39, 0.29) is 5.04 Å². The number of carbonyl (C=O) groups excluding carboxylic acids is 1. The fourth-order valence-electron chi connectivity index (χ4n) is 4.50. The third-order valence-electron chi connectivity index (χ3n) is 5.91. The van der Waals surface area contributed by atoms with E-state index in [0.29, 0.717) is 13.0 Å². The number of rotatable bonds is 4. The fraction of sp³-hybridized carbons (Fsp3) is 0.500. The van der Waals surface area contributed by atoms with Gasteiger partial charge in [0.1, 0.15) is 5.60 Å². The van der Waals surface area contributed by atoms with Gasteiger partial charge in [-0.2, -0.15) is 0 Å². The third kappa shape index (κ3) is 5.08. The zero-order valence-electron chi connectivity index (χ0n) is 20.2. The molecule has 0 aliphatic carbocycles. The third-order valence-corrected chi connectivity index (χ3v) is 11.0. The van der Waals surface area contributed by atoms with Crippen LogP contribution in [-0.4, -0.2) is 48.9 Å². The molecule has 1 fully saturated rings. The van der Waals surface area contributed by atoms with Crippen LogP contribution in [0.5, 0.6) is 0 Å². The Hall–Kier alpha value is -2.15. The van der Waals surface area contributed by atoms with Crippen molar-refractivity contribution in [3.05, 3.63) is 60.7 Å². The van der Waals surface area contributed by atoms with E-state index in [1.165, 1.54) is 4.90 Å². The van der Waals surface area contributed by atoms with E-state index in [9.17, 15) is 9.90 Å². The molecule has 1 N–H and O–H groups in total. The van der Waals surface area contributed by atoms with Crippen LogP contribution in [0.4, 0.5) is 4.79 Å². The lowest BCUT2D eigenvalue weighted by Crippen LogP contribution is -2.69. The zero-order chi connectivity index (χ0) is 23.6. The lowest BCUT2D eigenvalue weighted by Gasteiger charge is -2.48. The van der Waals surface area contributed by atoms with Gasteiger partial charge >= 0.3 is 6.09 Å². The largest absolute Gasteiger partial charge is 0.444 e. The molecular weight excluding hydrogens is 418 g/mol. The molecule has 0 bridgehead atoms. The normalized spacial score (nSPS) is 20.2. The lowest BCUT2D eigenvalue weighted by atomic mass is 10.1. The van der Waals surface area contributed by atoms with Crippen molar-refractivity contribution in [1.82, 2.24) is 4.90 Å². The molecular formula is C26H37NO4Si. The first-order chi connectivity index (χ1) is 15.0. The maximum absolute atomic E-state index is 12.8. The van der Waals surface area contributed by atoms with E-state index in [1.807, 2.05) is 57.2 Å². The first-order valence-electron chi connectivity index (χ1n) is 11.4. The summed E-state index contributed by atoms with van der Waals surface area (Å²) in [6, 6.07) is 20.7. The molecule has 0 spiro atoms. The number of benzene rings is 2. The van der Waals surface area contributed by atoms with E-state index in [2.05, 4.69) is 45.0 Å². The maximum atomic E-state index is 12.8. The summed E-state index contributed by atoms with van der Waals surface area (Å²) in [4.78, 5) is 14.2. The monoisotopic (exact) mass is 455 g/mol. The average molecular weight is 456 g/mol. The summed E-state index contributed by atoms with van der Waals surface area (Å²) in [6.07, 6.45) is -0.618. The van der Waals surface area contributed by atoms with Gasteiger partial charge in [-0.25, -0.2) is 4.79 Å². The van der Waals surface area contributed by atoms with Crippen LogP contribution in [0.25, 0.3) is 0 Å². The van der Waals surface area contributed by atoms with Crippen molar-refractivity contribution in [2.75, 3.05) is 6.54 Å². The van der Waals surface area contributed by atoms with Gasteiger partial charge in [-0.15, -0.1) is 0 Å². The molecule has 32 heavy (non-hydrogen) atoms. The van der Waals surface area contributed by atoms with Gasteiger partial charge in [-0.05, 0) is 49.0 Å². The Morgan fingerprint density at radius 2 is 1.44 bits per heavy atom. The van der Waals surface area contributed by atoms with E-state index in [0.717, 1.165) is 16.8 Å². The number of amides is 1. The molecule has 2 aromatic carbocycles. The summed E-state index contributed by atoms with van der Waals surface area (Å²) in [6.45, 7) is 12.6. The number of carbonyl (C=O) groups is 1. The SMILES string of the molecule is CC(C)(C)OC(=O)N1CCC[C@H](O[Si](c2ccccc2)(c2ccccc2)C(C)(C)C)[C@H]1O. The van der Waals surface area contributed by atoms with E-state index in [1.54, 1.807) is 0 Å². The average Bonchev–Trinajstić information content (AvgIpc) is 2.72. The van der Waals surface area contributed by atoms with Crippen LogP contribution < -0.4 is 10.4 Å². The number of nitrogens with zero attached hydrogens (tertiary/aromatic N) is 1. The van der Waals surface area contributed by atoms with Crippen LogP contribution in [-0.2, 0) is 9.16 Å². The van der Waals surface area contributed by atoms with Gasteiger partial charge in [0.05, 0.1) is 6.10 Å². The number of hydrogen-bond donors (Lipinski definition) is 1. The molecule has 3 rings (SSSR count). The Kier molecular flexibility index (Phi) is 7.17. The highest BCUT2D eigenvalue weighted by Gasteiger charge is 2.53. The molecule has 0 saturated carbocycles. The molecule has 2 aromatic rings. The number of aliphatic hydroxyl groups is 1. The van der Waals surface area contributed by atoms with Gasteiger partial charge in [0.2, 0.25) is 0 Å². The van der Waals surface area contributed by atoms with Crippen LogP contribution in [0.2, 0.25) is 5.04 Å². The highest BCUT2D eigenvalue weighted by molar-refractivity contribution is 6.99. The number of hydrogen-bond acceptors (Lipinski definition) is 4. The summed E-state index contributed by atoms with van der Waals surface area (Å²) in [7, 11) is -2.83. The summed E-state index contributed by atoms with van der Waals surface area (Å²) in [5.74, 6) is 0. The van der Waals surface area contributed by atoms with Gasteiger partial charge in [-0.3, -0.25) is 4.90 Å². The molecule has 1 amide bonds. The molecule has 1 saturated heterocycles. The Bertz CT molecular complexity index is 850. The molecule has 6 heteroatoms. The minimum absolute atomic E-state index is 0.205. The molecule has 2 atom stereocenters. The first kappa shape index (κ1) is 24.5. The summed E-state index contributed by atoms with van der Waals surface area (Å²) >= 11 is 0. The number of piperidine rings is 1. The fourth-order valence-corrected chi connectivity index (χ4v) is 9.21. The summed E-state index contributed by atoms with van der Waals surface area (Å²) < 4.78 is 12.6. The predicted molar refractivity (Wildman–Crippen MR) is 131 cm³/mol. The van der Waals surface area contributed by atoms with E-state index in [4.69, 9.17) is 9.16 Å². The molecule has 5 nitrogen and oxygen atoms in total. The second kappa shape index (κ2) is 9.38. The van der Waals surface area contributed by atoms with Crippen LogP contribution in [0.15, 0.2) is 60.7 Å². The van der Waals surface area contributed by atoms with Crippen molar-refractivity contribution in [3.8, 4) is 0 Å². The van der Waals surface area contributed by atoms with Gasteiger partial charge in [0.25, 0.3) is 8.32 Å². The zero-order valence-corrected chi connectivity index (χ0v) is 21.2. The van der Waals surface area contributed by atoms with Crippen molar-refractivity contribution in [2.45, 2.75) is 77.4 Å². The molecule has 0 unspecified atom stereocenters. The number of aliphatic hydroxyl groups excluding tert-OH is 1. The first-order valence-corrected chi connectivity index (χ1v) is 13.3. The minimum Gasteiger partial charge on any atom is -0.444 e. The van der Waals surface area contributed by atoms with Crippen LogP contribution >= 0.6 is 0 Å². The van der Waals surface area contributed by atoms with Crippen molar-refractivity contribution in [3.63, 3.8) is 0 Å². The Labute approximate surface area is 193 Å². The summed E-state index contributed by atoms with van der Waals surface area (Å²) in [5.41, 5.74) is -0.622. The molecule has 1 heterocycles. The van der Waals surface area contributed by atoms with Gasteiger partial charge in [0, 0.05) is 6.54 Å². The standard InChI is InChI=1S/C26H37NO4Si/c1-25(2,3)30-24(29)27-19-13-18-22(23(27)28)31-32(26(4,5)6,20-14-9-7-10-15-20)21-16-11-8-12-17-21/h7-12,14-17,22-23,28H,13,18-19H2,1-6H3/t22-,23+/m0/s1. The van der Waals surface area contributed by atoms with Crippen molar-refractivity contribution >= 4 is 24.8 Å². The topological polar surface area (TPSA) is 59.0 Å². The lowest BCUT2D eigenvalue weighted by molar-refractivity contribution is -0.0999. The minimum atomic E-state index is -2.83. The highest BCUT2D eigenvalue weighted by atomic mass is 28.4. The van der Waals surface area contributed by atoms with E-state index >= 15 is 0 Å². The Morgan fingerprint density at radius 3 is 1.88 bits per heavy atom. The van der Waals surface area contributed by atoms with Crippen LogP contribution in [0, 0.1) is 0 Å². The molecule has 1 aliphatic rings. The van der Waals surface area contributed by atoms with Crippen molar-refractivity contribution < 1.29 is 19.1 Å². The van der Waals surface area contributed by atoms with E-state index < -0.39 is 32.3 Å². The van der Waals surface area contributed by atoms with Crippen molar-refractivity contribution in [2.24, 2.45) is 0 Å². The van der Waals surface area contributed by atoms with Gasteiger partial charge in [0.15, 0.2) is 6.23 Å². The smallest absolute Gasteiger partial charge is 0.412 e. The molecule has 1 aliphatic heterocycles.